The molecule has 5 nitrogen and oxygen atoms in total. The van der Waals surface area contributed by atoms with Gasteiger partial charge in [0.25, 0.3) is 0 Å². The highest BCUT2D eigenvalue weighted by Gasteiger charge is 2.38. The number of benzene rings is 1. The lowest BCUT2D eigenvalue weighted by Gasteiger charge is -2.35. The summed E-state index contributed by atoms with van der Waals surface area (Å²) in [5.74, 6) is -0.717. The largest absolute Gasteiger partial charge is 0.381 e. The van der Waals surface area contributed by atoms with Crippen molar-refractivity contribution in [2.45, 2.75) is 12.3 Å². The summed E-state index contributed by atoms with van der Waals surface area (Å²) in [6, 6.07) is 7.58. The lowest BCUT2D eigenvalue weighted by Crippen LogP contribution is -2.40. The maximum absolute atomic E-state index is 11.9. The molecular weight excluding hydrogens is 314 g/mol. The van der Waals surface area contributed by atoms with Crippen LogP contribution in [0.1, 0.15) is 23.6 Å². The minimum Gasteiger partial charge on any atom is -0.381 e. The number of aromatic nitrogens is 2. The van der Waals surface area contributed by atoms with Gasteiger partial charge in [-0.1, -0.05) is 23.7 Å². The smallest absolute Gasteiger partial charge is 0.221 e. The molecule has 0 bridgehead atoms. The number of hydrogen-bond donors (Lipinski definition) is 1. The van der Waals surface area contributed by atoms with E-state index >= 15 is 0 Å². The van der Waals surface area contributed by atoms with Crippen molar-refractivity contribution in [3.8, 4) is 0 Å². The van der Waals surface area contributed by atoms with Gasteiger partial charge in [0.05, 0.1) is 12.3 Å². The van der Waals surface area contributed by atoms with Gasteiger partial charge in [0.2, 0.25) is 5.91 Å². The number of carbonyl (C=O) groups is 1. The molecule has 1 fully saturated rings. The molecular formula is C17H18ClN3O2. The third kappa shape index (κ3) is 3.51. The van der Waals surface area contributed by atoms with E-state index in [1.165, 1.54) is 0 Å². The number of primary amides is 1. The van der Waals surface area contributed by atoms with Crippen LogP contribution >= 0.6 is 11.6 Å². The van der Waals surface area contributed by atoms with Crippen LogP contribution in [0.25, 0.3) is 0 Å². The number of carbonyl (C=O) groups excluding carboxylic acids is 1. The van der Waals surface area contributed by atoms with Gasteiger partial charge in [-0.2, -0.15) is 0 Å². The number of rotatable bonds is 4. The summed E-state index contributed by atoms with van der Waals surface area (Å²) in [7, 11) is 0. The van der Waals surface area contributed by atoms with Gasteiger partial charge in [-0.25, -0.2) is 0 Å². The fourth-order valence-electron chi connectivity index (χ4n) is 3.22. The molecule has 23 heavy (non-hydrogen) atoms. The SMILES string of the molecule is NC(=O)C1CCOCC1C(c1ccc(Cl)cc1)c1cnccn1. The van der Waals surface area contributed by atoms with E-state index in [0.29, 0.717) is 24.7 Å². The summed E-state index contributed by atoms with van der Waals surface area (Å²) in [5.41, 5.74) is 7.45. The van der Waals surface area contributed by atoms with Crippen molar-refractivity contribution in [2.75, 3.05) is 13.2 Å². The molecule has 0 spiro atoms. The zero-order chi connectivity index (χ0) is 16.2. The first-order valence-corrected chi connectivity index (χ1v) is 7.93. The van der Waals surface area contributed by atoms with Gasteiger partial charge < -0.3 is 10.5 Å². The van der Waals surface area contributed by atoms with Crippen molar-refractivity contribution in [3.63, 3.8) is 0 Å². The lowest BCUT2D eigenvalue weighted by atomic mass is 9.74. The van der Waals surface area contributed by atoms with Gasteiger partial charge in [0.15, 0.2) is 0 Å². The zero-order valence-corrected chi connectivity index (χ0v) is 13.3. The molecule has 1 aliphatic rings. The van der Waals surface area contributed by atoms with Crippen molar-refractivity contribution in [1.29, 1.82) is 0 Å². The van der Waals surface area contributed by atoms with Gasteiger partial charge in [-0.05, 0) is 24.1 Å². The molecule has 1 saturated heterocycles. The Hall–Kier alpha value is -1.98. The first kappa shape index (κ1) is 15.9. The molecule has 2 N–H and O–H groups in total. The summed E-state index contributed by atoms with van der Waals surface area (Å²) in [4.78, 5) is 20.5. The number of nitrogens with zero attached hydrogens (tertiary/aromatic N) is 2. The number of amides is 1. The minimum atomic E-state index is -0.291. The highest BCUT2D eigenvalue weighted by atomic mass is 35.5. The monoisotopic (exact) mass is 331 g/mol. The molecule has 1 aliphatic heterocycles. The van der Waals surface area contributed by atoms with Gasteiger partial charge in [-0.3, -0.25) is 14.8 Å². The molecule has 6 heteroatoms. The van der Waals surface area contributed by atoms with Crippen molar-refractivity contribution >= 4 is 17.5 Å². The maximum Gasteiger partial charge on any atom is 0.221 e. The van der Waals surface area contributed by atoms with E-state index in [2.05, 4.69) is 9.97 Å². The van der Waals surface area contributed by atoms with Crippen LogP contribution in [0.5, 0.6) is 0 Å². The quantitative estimate of drug-likeness (QED) is 0.933. The lowest BCUT2D eigenvalue weighted by molar-refractivity contribution is -0.128. The molecule has 120 valence electrons. The second-order valence-corrected chi connectivity index (χ2v) is 6.13. The highest BCUT2D eigenvalue weighted by molar-refractivity contribution is 6.30. The third-order valence-corrected chi connectivity index (χ3v) is 4.58. The average molecular weight is 332 g/mol. The molecule has 3 unspecified atom stereocenters. The number of halogens is 1. The minimum absolute atomic E-state index is 0.0703. The molecule has 2 heterocycles. The fraction of sp³-hybridized carbons (Fsp3) is 0.353. The standard InChI is InChI=1S/C17H18ClN3O2/c18-12-3-1-11(2-4-12)16(15-9-20-6-7-21-15)14-10-23-8-5-13(14)17(19)22/h1-4,6-7,9,13-14,16H,5,8,10H2,(H2,19,22). The second-order valence-electron chi connectivity index (χ2n) is 5.70. The Morgan fingerprint density at radius 3 is 2.74 bits per heavy atom. The molecule has 0 radical (unpaired) electrons. The van der Waals surface area contributed by atoms with Gasteiger partial charge in [0.1, 0.15) is 0 Å². The summed E-state index contributed by atoms with van der Waals surface area (Å²) < 4.78 is 5.63. The molecule has 3 atom stereocenters. The zero-order valence-electron chi connectivity index (χ0n) is 12.6. The second kappa shape index (κ2) is 7.06. The Bertz CT molecular complexity index is 663. The Kier molecular flexibility index (Phi) is 4.88. The fourth-order valence-corrected chi connectivity index (χ4v) is 3.35. The van der Waals surface area contributed by atoms with Crippen LogP contribution in [-0.2, 0) is 9.53 Å². The highest BCUT2D eigenvalue weighted by Crippen LogP contribution is 2.38. The summed E-state index contributed by atoms with van der Waals surface area (Å²) >= 11 is 6.00. The summed E-state index contributed by atoms with van der Waals surface area (Å²) in [6.07, 6.45) is 5.64. The molecule has 1 aromatic heterocycles. The van der Waals surface area contributed by atoms with Gasteiger partial charge in [-0.15, -0.1) is 0 Å². The molecule has 2 aromatic rings. The van der Waals surface area contributed by atoms with Crippen LogP contribution in [0, 0.1) is 11.8 Å². The summed E-state index contributed by atoms with van der Waals surface area (Å²) in [6.45, 7) is 1.02. The van der Waals surface area contributed by atoms with E-state index in [0.717, 1.165) is 11.3 Å². The van der Waals surface area contributed by atoms with E-state index in [4.69, 9.17) is 22.1 Å². The number of hydrogen-bond acceptors (Lipinski definition) is 4. The van der Waals surface area contributed by atoms with Crippen molar-refractivity contribution in [3.05, 3.63) is 59.1 Å². The molecule has 1 amide bonds. The number of nitrogens with two attached hydrogens (primary N) is 1. The Morgan fingerprint density at radius 1 is 1.30 bits per heavy atom. The first-order valence-electron chi connectivity index (χ1n) is 7.55. The van der Waals surface area contributed by atoms with E-state index in [1.807, 2.05) is 24.3 Å². The maximum atomic E-state index is 11.9. The van der Waals surface area contributed by atoms with Crippen LogP contribution < -0.4 is 5.73 Å². The van der Waals surface area contributed by atoms with Crippen molar-refractivity contribution in [1.82, 2.24) is 9.97 Å². The predicted octanol–water partition coefficient (Wildman–Crippen LogP) is 2.40. The van der Waals surface area contributed by atoms with Gasteiger partial charge in [0, 0.05) is 48.0 Å². The van der Waals surface area contributed by atoms with Crippen LogP contribution in [0.3, 0.4) is 0 Å². The van der Waals surface area contributed by atoms with Crippen LogP contribution in [0.15, 0.2) is 42.9 Å². The van der Waals surface area contributed by atoms with Crippen LogP contribution in [-0.4, -0.2) is 29.1 Å². The Labute approximate surface area is 139 Å². The van der Waals surface area contributed by atoms with Crippen LogP contribution in [0.2, 0.25) is 5.02 Å². The van der Waals surface area contributed by atoms with E-state index in [1.54, 1.807) is 18.6 Å². The number of ether oxygens (including phenoxy) is 1. The summed E-state index contributed by atoms with van der Waals surface area (Å²) in [5, 5.41) is 0.665. The molecule has 3 rings (SSSR count). The first-order chi connectivity index (χ1) is 11.2. The molecule has 1 aromatic carbocycles. The molecule has 0 saturated carbocycles. The Balaban J connectivity index is 2.04. The van der Waals surface area contributed by atoms with Gasteiger partial charge >= 0.3 is 0 Å². The predicted molar refractivity (Wildman–Crippen MR) is 86.9 cm³/mol. The van der Waals surface area contributed by atoms with Crippen molar-refractivity contribution in [2.24, 2.45) is 17.6 Å². The average Bonchev–Trinajstić information content (AvgIpc) is 2.58. The third-order valence-electron chi connectivity index (χ3n) is 4.32. The van der Waals surface area contributed by atoms with E-state index in [-0.39, 0.29) is 23.7 Å². The normalized spacial score (nSPS) is 22.5. The van der Waals surface area contributed by atoms with E-state index in [9.17, 15) is 4.79 Å². The topological polar surface area (TPSA) is 78.1 Å². The van der Waals surface area contributed by atoms with Crippen molar-refractivity contribution < 1.29 is 9.53 Å². The molecule has 0 aliphatic carbocycles. The van der Waals surface area contributed by atoms with E-state index < -0.39 is 0 Å². The Morgan fingerprint density at radius 2 is 2.09 bits per heavy atom. The van der Waals surface area contributed by atoms with Crippen LogP contribution in [0.4, 0.5) is 0 Å².